The molecule has 0 aliphatic carbocycles. The van der Waals surface area contributed by atoms with Gasteiger partial charge in [-0.15, -0.1) is 0 Å². The van der Waals surface area contributed by atoms with Crippen molar-refractivity contribution in [2.24, 2.45) is 0 Å². The number of phosphoric acid groups is 1. The fourth-order valence-electron chi connectivity index (χ4n) is 12.6. The minimum Gasteiger partial charge on any atom is -0.462 e. The molecule has 0 amide bonds. The lowest BCUT2D eigenvalue weighted by Crippen LogP contribution is -2.37. The van der Waals surface area contributed by atoms with E-state index in [1.807, 2.05) is 21.1 Å². The number of likely N-dealkylation sites (N-methyl/N-ethyl adjacent to an activating group) is 1. The number of esters is 2. The predicted octanol–water partition coefficient (Wildman–Crippen LogP) is 26.6. The molecule has 9 nitrogen and oxygen atoms in total. The number of allylic oxidation sites excluding steroid dienone is 2. The largest absolute Gasteiger partial charge is 0.472 e. The fraction of sp³-hybridized carbons (Fsp3) is 0.950. The second-order valence-corrected chi connectivity index (χ2v) is 30.6. The molecule has 0 radical (unpaired) electrons. The van der Waals surface area contributed by atoms with Crippen molar-refractivity contribution < 1.29 is 42.1 Å². The summed E-state index contributed by atoms with van der Waals surface area (Å²) in [6, 6.07) is 0. The third-order valence-electron chi connectivity index (χ3n) is 18.8. The van der Waals surface area contributed by atoms with Crippen molar-refractivity contribution >= 4 is 19.8 Å². The Morgan fingerprint density at radius 2 is 0.567 bits per heavy atom. The van der Waals surface area contributed by atoms with Crippen molar-refractivity contribution in [1.82, 2.24) is 0 Å². The number of hydrogen-bond acceptors (Lipinski definition) is 7. The highest BCUT2D eigenvalue weighted by molar-refractivity contribution is 7.47. The minimum absolute atomic E-state index is 0.0368. The quantitative estimate of drug-likeness (QED) is 0.0211. The van der Waals surface area contributed by atoms with E-state index in [9.17, 15) is 19.0 Å². The Morgan fingerprint density at radius 1 is 0.333 bits per heavy atom. The first-order valence-corrected chi connectivity index (χ1v) is 41.9. The summed E-state index contributed by atoms with van der Waals surface area (Å²) in [5.74, 6) is -0.767. The summed E-state index contributed by atoms with van der Waals surface area (Å²) < 4.78 is 34.8. The number of ether oxygens (including phenoxy) is 2. The van der Waals surface area contributed by atoms with Gasteiger partial charge in [-0.2, -0.15) is 0 Å². The number of hydrogen-bond donors (Lipinski definition) is 1. The molecule has 2 atom stereocenters. The van der Waals surface area contributed by atoms with Crippen molar-refractivity contribution in [2.75, 3.05) is 47.5 Å². The molecule has 0 saturated heterocycles. The van der Waals surface area contributed by atoms with Crippen molar-refractivity contribution in [2.45, 2.75) is 444 Å². The van der Waals surface area contributed by atoms with Gasteiger partial charge >= 0.3 is 19.8 Å². The van der Waals surface area contributed by atoms with Gasteiger partial charge in [-0.1, -0.05) is 398 Å². The molecule has 0 fully saturated rings. The van der Waals surface area contributed by atoms with E-state index in [1.54, 1.807) is 0 Å². The number of carbonyl (C=O) groups is 2. The van der Waals surface area contributed by atoms with E-state index in [0.29, 0.717) is 17.4 Å². The fourth-order valence-corrected chi connectivity index (χ4v) is 13.3. The number of unbranched alkanes of at least 4 members (excludes halogenated alkanes) is 61. The number of nitrogens with zero attached hydrogens (tertiary/aromatic N) is 1. The molecular formula is C80H159NO8P+. The van der Waals surface area contributed by atoms with E-state index in [2.05, 4.69) is 26.0 Å². The minimum atomic E-state index is -4.39. The Hall–Kier alpha value is -1.25. The van der Waals surface area contributed by atoms with Gasteiger partial charge < -0.3 is 18.9 Å². The van der Waals surface area contributed by atoms with Crippen LogP contribution in [0.1, 0.15) is 438 Å². The van der Waals surface area contributed by atoms with Crippen LogP contribution in [-0.4, -0.2) is 74.9 Å². The highest BCUT2D eigenvalue weighted by Crippen LogP contribution is 2.43. The van der Waals surface area contributed by atoms with Gasteiger partial charge in [0, 0.05) is 12.8 Å². The summed E-state index contributed by atoms with van der Waals surface area (Å²) in [4.78, 5) is 36.0. The van der Waals surface area contributed by atoms with E-state index in [-0.39, 0.29) is 25.6 Å². The topological polar surface area (TPSA) is 108 Å². The Labute approximate surface area is 562 Å². The summed E-state index contributed by atoms with van der Waals surface area (Å²) in [6.07, 6.45) is 90.9. The molecule has 0 aromatic carbocycles. The zero-order chi connectivity index (χ0) is 65.5. The Bertz CT molecular complexity index is 1520. The summed E-state index contributed by atoms with van der Waals surface area (Å²) in [7, 11) is 1.51. The van der Waals surface area contributed by atoms with Crippen LogP contribution in [0.5, 0.6) is 0 Å². The SMILES string of the molecule is CCCCCCCCCC/C=C\CCCCCCCCCCCCCCCCCCCCCC(=O)OC(COC(=O)CCCCCCCCCCCCCCCCCCCCCCCCCCCCCCCCCCCCC)COP(=O)(O)OCC[N+](C)(C)C. The molecule has 0 aliphatic rings. The van der Waals surface area contributed by atoms with Crippen molar-refractivity contribution in [3.8, 4) is 0 Å². The molecule has 536 valence electrons. The van der Waals surface area contributed by atoms with Crippen LogP contribution < -0.4 is 0 Å². The normalized spacial score (nSPS) is 13.0. The monoisotopic (exact) mass is 1290 g/mol. The first-order chi connectivity index (χ1) is 44.0. The van der Waals surface area contributed by atoms with Gasteiger partial charge in [0.1, 0.15) is 19.8 Å². The molecule has 0 saturated carbocycles. The highest BCUT2D eigenvalue weighted by Gasteiger charge is 2.27. The van der Waals surface area contributed by atoms with E-state index in [4.69, 9.17) is 18.5 Å². The molecule has 90 heavy (non-hydrogen) atoms. The summed E-state index contributed by atoms with van der Waals surface area (Å²) in [5.41, 5.74) is 0. The number of rotatable bonds is 77. The molecule has 1 N–H and O–H groups in total. The first kappa shape index (κ1) is 88.8. The molecule has 0 bridgehead atoms. The molecule has 2 unspecified atom stereocenters. The maximum absolute atomic E-state index is 12.9. The number of carbonyl (C=O) groups excluding carboxylic acids is 2. The van der Waals surface area contributed by atoms with Gasteiger partial charge in [0.25, 0.3) is 0 Å². The van der Waals surface area contributed by atoms with Crippen molar-refractivity contribution in [3.63, 3.8) is 0 Å². The van der Waals surface area contributed by atoms with Crippen molar-refractivity contribution in [1.29, 1.82) is 0 Å². The Morgan fingerprint density at radius 3 is 0.822 bits per heavy atom. The lowest BCUT2D eigenvalue weighted by molar-refractivity contribution is -0.870. The molecule has 10 heteroatoms. The molecule has 0 aliphatic heterocycles. The van der Waals surface area contributed by atoms with Gasteiger partial charge in [-0.3, -0.25) is 18.6 Å². The summed E-state index contributed by atoms with van der Waals surface area (Å²) in [5, 5.41) is 0. The van der Waals surface area contributed by atoms with E-state index in [1.165, 1.54) is 372 Å². The maximum atomic E-state index is 12.9. The number of quaternary nitrogens is 1. The standard InChI is InChI=1S/C80H158NO8P/c1-6-8-10-12-14-16-18-20-22-24-26-28-30-32-34-36-38-39-40-41-43-44-46-48-50-52-54-56-58-60-62-64-66-68-70-72-79(82)86-76-78(77-88-90(84,85)87-75-74-81(3,4)5)89-80(83)73-71-69-67-65-63-61-59-57-55-53-51-49-47-45-42-37-35-33-31-29-27-25-23-21-19-17-15-13-11-9-7-2/h25,27,78H,6-24,26,28-77H2,1-5H3/p+1/b27-25-. The van der Waals surface area contributed by atoms with Crippen molar-refractivity contribution in [3.05, 3.63) is 12.2 Å². The zero-order valence-corrected chi connectivity index (χ0v) is 62.3. The van der Waals surface area contributed by atoms with Gasteiger partial charge in [-0.25, -0.2) is 4.57 Å². The van der Waals surface area contributed by atoms with Gasteiger partial charge in [-0.05, 0) is 38.5 Å². The molecule has 0 spiro atoms. The third-order valence-corrected chi connectivity index (χ3v) is 19.8. The molecule has 0 aromatic heterocycles. The van der Waals surface area contributed by atoms with Crippen LogP contribution in [0.15, 0.2) is 12.2 Å². The highest BCUT2D eigenvalue weighted by atomic mass is 31.2. The van der Waals surface area contributed by atoms with Crippen LogP contribution in [-0.2, 0) is 32.7 Å². The van der Waals surface area contributed by atoms with E-state index < -0.39 is 26.5 Å². The van der Waals surface area contributed by atoms with Crippen LogP contribution in [0.2, 0.25) is 0 Å². The van der Waals surface area contributed by atoms with E-state index in [0.717, 1.165) is 38.5 Å². The lowest BCUT2D eigenvalue weighted by atomic mass is 10.0. The molecule has 0 aromatic rings. The summed E-state index contributed by atoms with van der Waals surface area (Å²) >= 11 is 0. The van der Waals surface area contributed by atoms with Gasteiger partial charge in [0.05, 0.1) is 27.7 Å². The lowest BCUT2D eigenvalue weighted by Gasteiger charge is -2.24. The molecule has 0 rings (SSSR count). The van der Waals surface area contributed by atoms with Gasteiger partial charge in [0.2, 0.25) is 0 Å². The van der Waals surface area contributed by atoms with Crippen LogP contribution in [0, 0.1) is 0 Å². The van der Waals surface area contributed by atoms with Crippen LogP contribution in [0.3, 0.4) is 0 Å². The average molecular weight is 1290 g/mol. The smallest absolute Gasteiger partial charge is 0.462 e. The summed E-state index contributed by atoms with van der Waals surface area (Å²) in [6.45, 7) is 4.53. The Balaban J connectivity index is 3.89. The van der Waals surface area contributed by atoms with E-state index >= 15 is 0 Å². The third kappa shape index (κ3) is 75.8. The molecular weight excluding hydrogens is 1130 g/mol. The van der Waals surface area contributed by atoms with Gasteiger partial charge in [0.15, 0.2) is 6.10 Å². The molecule has 0 heterocycles. The van der Waals surface area contributed by atoms with Crippen LogP contribution >= 0.6 is 7.82 Å². The zero-order valence-electron chi connectivity index (χ0n) is 61.4. The average Bonchev–Trinajstić information content (AvgIpc) is 3.58. The van der Waals surface area contributed by atoms with Crippen LogP contribution in [0.25, 0.3) is 0 Å². The number of phosphoric ester groups is 1. The second-order valence-electron chi connectivity index (χ2n) is 29.2. The predicted molar refractivity (Wildman–Crippen MR) is 391 cm³/mol. The van der Waals surface area contributed by atoms with Crippen LogP contribution in [0.4, 0.5) is 0 Å². The first-order valence-electron chi connectivity index (χ1n) is 40.4. The maximum Gasteiger partial charge on any atom is 0.472 e. The Kier molecular flexibility index (Phi) is 71.0. The second kappa shape index (κ2) is 72.0.